The number of amides is 1. The Kier molecular flexibility index (Phi) is 4.70. The van der Waals surface area contributed by atoms with Gasteiger partial charge in [-0.05, 0) is 36.8 Å². The fourth-order valence-corrected chi connectivity index (χ4v) is 2.44. The maximum atomic E-state index is 13.8. The third-order valence-electron chi connectivity index (χ3n) is 3.80. The van der Waals surface area contributed by atoms with Crippen molar-refractivity contribution in [3.05, 3.63) is 93.8 Å². The summed E-state index contributed by atoms with van der Waals surface area (Å²) < 4.78 is 15.1. The Morgan fingerprint density at radius 3 is 2.72 bits per heavy atom. The molecule has 1 aromatic carbocycles. The van der Waals surface area contributed by atoms with E-state index < -0.39 is 17.3 Å². The van der Waals surface area contributed by atoms with E-state index in [1.165, 1.54) is 22.9 Å². The number of benzene rings is 1. The molecule has 0 fully saturated rings. The van der Waals surface area contributed by atoms with Crippen LogP contribution < -0.4 is 10.9 Å². The average Bonchev–Trinajstić information content (AvgIpc) is 2.60. The molecule has 0 aliphatic carbocycles. The van der Waals surface area contributed by atoms with Gasteiger partial charge in [-0.25, -0.2) is 9.37 Å². The first-order valence-corrected chi connectivity index (χ1v) is 7.72. The zero-order valence-corrected chi connectivity index (χ0v) is 13.6. The van der Waals surface area contributed by atoms with E-state index in [0.717, 1.165) is 5.56 Å². The predicted octanol–water partition coefficient (Wildman–Crippen LogP) is 2.99. The topological polar surface area (TPSA) is 64.0 Å². The van der Waals surface area contributed by atoms with Crippen LogP contribution in [0.2, 0.25) is 0 Å². The minimum atomic E-state index is -0.547. The van der Waals surface area contributed by atoms with Crippen molar-refractivity contribution < 1.29 is 9.18 Å². The first kappa shape index (κ1) is 16.6. The van der Waals surface area contributed by atoms with Crippen molar-refractivity contribution in [2.45, 2.75) is 13.5 Å². The SMILES string of the molecule is Cc1cccnc1NC(=O)c1cccn(Cc2ccccc2F)c1=O. The molecular weight excluding hydrogens is 321 g/mol. The lowest BCUT2D eigenvalue weighted by Gasteiger charge is -2.10. The third kappa shape index (κ3) is 3.63. The van der Waals surface area contributed by atoms with Gasteiger partial charge in [0.2, 0.25) is 0 Å². The Morgan fingerprint density at radius 1 is 1.16 bits per heavy atom. The van der Waals surface area contributed by atoms with Crippen molar-refractivity contribution in [1.82, 2.24) is 9.55 Å². The highest BCUT2D eigenvalue weighted by molar-refractivity contribution is 6.03. The smallest absolute Gasteiger partial charge is 0.263 e. The Balaban J connectivity index is 1.88. The van der Waals surface area contributed by atoms with Gasteiger partial charge in [-0.2, -0.15) is 0 Å². The molecule has 5 nitrogen and oxygen atoms in total. The summed E-state index contributed by atoms with van der Waals surface area (Å²) in [7, 11) is 0. The van der Waals surface area contributed by atoms with Crippen molar-refractivity contribution in [3.63, 3.8) is 0 Å². The number of rotatable bonds is 4. The van der Waals surface area contributed by atoms with Gasteiger partial charge in [0.05, 0.1) is 6.54 Å². The highest BCUT2D eigenvalue weighted by Gasteiger charge is 2.14. The largest absolute Gasteiger partial charge is 0.310 e. The molecule has 1 amide bonds. The molecule has 126 valence electrons. The van der Waals surface area contributed by atoms with Gasteiger partial charge in [0.25, 0.3) is 11.5 Å². The zero-order chi connectivity index (χ0) is 17.8. The molecule has 0 unspecified atom stereocenters. The van der Waals surface area contributed by atoms with Crippen molar-refractivity contribution >= 4 is 11.7 Å². The van der Waals surface area contributed by atoms with E-state index in [1.807, 2.05) is 13.0 Å². The number of anilines is 1. The Labute approximate surface area is 143 Å². The van der Waals surface area contributed by atoms with E-state index in [9.17, 15) is 14.0 Å². The van der Waals surface area contributed by atoms with Crippen LogP contribution in [0.1, 0.15) is 21.5 Å². The van der Waals surface area contributed by atoms with Crippen molar-refractivity contribution in [1.29, 1.82) is 0 Å². The third-order valence-corrected chi connectivity index (χ3v) is 3.80. The number of hydrogen-bond acceptors (Lipinski definition) is 3. The first-order chi connectivity index (χ1) is 12.1. The summed E-state index contributed by atoms with van der Waals surface area (Å²) >= 11 is 0. The maximum Gasteiger partial charge on any atom is 0.263 e. The second kappa shape index (κ2) is 7.09. The van der Waals surface area contributed by atoms with E-state index in [1.54, 1.807) is 36.5 Å². The Bertz CT molecular complexity index is 982. The minimum absolute atomic E-state index is 0.0242. The number of nitrogens with one attached hydrogen (secondary N) is 1. The number of nitrogens with zero attached hydrogens (tertiary/aromatic N) is 2. The molecule has 25 heavy (non-hydrogen) atoms. The molecule has 0 spiro atoms. The molecule has 6 heteroatoms. The highest BCUT2D eigenvalue weighted by atomic mass is 19.1. The van der Waals surface area contributed by atoms with Crippen LogP contribution in [-0.2, 0) is 6.54 Å². The standard InChI is InChI=1S/C19H16FN3O2/c1-13-6-4-10-21-17(13)22-18(24)15-8-5-11-23(19(15)25)12-14-7-2-3-9-16(14)20/h2-11H,12H2,1H3,(H,21,22,24). The Hall–Kier alpha value is -3.28. The van der Waals surface area contributed by atoms with Gasteiger partial charge >= 0.3 is 0 Å². The molecule has 0 radical (unpaired) electrons. The summed E-state index contributed by atoms with van der Waals surface area (Å²) in [4.78, 5) is 29.1. The molecular formula is C19H16FN3O2. The van der Waals surface area contributed by atoms with Crippen LogP contribution in [0.25, 0.3) is 0 Å². The zero-order valence-electron chi connectivity index (χ0n) is 13.6. The van der Waals surface area contributed by atoms with E-state index in [0.29, 0.717) is 11.4 Å². The van der Waals surface area contributed by atoms with Crippen LogP contribution in [-0.4, -0.2) is 15.5 Å². The number of hydrogen-bond donors (Lipinski definition) is 1. The molecule has 0 aliphatic rings. The number of halogens is 1. The summed E-state index contributed by atoms with van der Waals surface area (Å²) in [5.41, 5.74) is 0.655. The second-order valence-electron chi connectivity index (χ2n) is 5.57. The minimum Gasteiger partial charge on any atom is -0.310 e. The van der Waals surface area contributed by atoms with Gasteiger partial charge in [-0.15, -0.1) is 0 Å². The van der Waals surface area contributed by atoms with Gasteiger partial charge in [0.15, 0.2) is 0 Å². The lowest BCUT2D eigenvalue weighted by molar-refractivity contribution is 0.102. The van der Waals surface area contributed by atoms with Crippen LogP contribution >= 0.6 is 0 Å². The van der Waals surface area contributed by atoms with E-state index in [2.05, 4.69) is 10.3 Å². The number of aromatic nitrogens is 2. The normalized spacial score (nSPS) is 10.5. The lowest BCUT2D eigenvalue weighted by atomic mass is 10.2. The number of carbonyl (C=O) groups is 1. The molecule has 0 saturated heterocycles. The van der Waals surface area contributed by atoms with Crippen molar-refractivity contribution in [2.75, 3.05) is 5.32 Å². The van der Waals surface area contributed by atoms with Crippen LogP contribution in [0.3, 0.4) is 0 Å². The maximum absolute atomic E-state index is 13.8. The van der Waals surface area contributed by atoms with Crippen LogP contribution in [0.4, 0.5) is 10.2 Å². The number of aryl methyl sites for hydroxylation is 1. The van der Waals surface area contributed by atoms with Crippen molar-refractivity contribution in [2.24, 2.45) is 0 Å². The molecule has 0 bridgehead atoms. The average molecular weight is 337 g/mol. The molecule has 0 atom stereocenters. The summed E-state index contributed by atoms with van der Waals surface area (Å²) in [5.74, 6) is -0.542. The molecule has 2 heterocycles. The molecule has 0 aliphatic heterocycles. The number of pyridine rings is 2. The van der Waals surface area contributed by atoms with E-state index in [-0.39, 0.29) is 12.1 Å². The van der Waals surface area contributed by atoms with Gasteiger partial charge in [-0.1, -0.05) is 24.3 Å². The van der Waals surface area contributed by atoms with Crippen molar-refractivity contribution in [3.8, 4) is 0 Å². The summed E-state index contributed by atoms with van der Waals surface area (Å²) in [6.45, 7) is 1.86. The highest BCUT2D eigenvalue weighted by Crippen LogP contribution is 2.11. The van der Waals surface area contributed by atoms with Gasteiger partial charge < -0.3 is 9.88 Å². The fraction of sp³-hybridized carbons (Fsp3) is 0.105. The molecule has 2 aromatic heterocycles. The molecule has 3 rings (SSSR count). The monoisotopic (exact) mass is 337 g/mol. The second-order valence-corrected chi connectivity index (χ2v) is 5.57. The first-order valence-electron chi connectivity index (χ1n) is 7.72. The summed E-state index contributed by atoms with van der Waals surface area (Å²) in [6.07, 6.45) is 3.08. The fourth-order valence-electron chi connectivity index (χ4n) is 2.44. The molecule has 3 aromatic rings. The van der Waals surface area contributed by atoms with Crippen LogP contribution in [0, 0.1) is 12.7 Å². The lowest BCUT2D eigenvalue weighted by Crippen LogP contribution is -2.29. The molecule has 0 saturated carbocycles. The van der Waals surface area contributed by atoms with E-state index >= 15 is 0 Å². The summed E-state index contributed by atoms with van der Waals surface area (Å²) in [5, 5.41) is 2.63. The molecule has 1 N–H and O–H groups in total. The Morgan fingerprint density at radius 2 is 1.96 bits per heavy atom. The summed E-state index contributed by atoms with van der Waals surface area (Å²) in [6, 6.07) is 12.8. The predicted molar refractivity (Wildman–Crippen MR) is 93.1 cm³/mol. The van der Waals surface area contributed by atoms with Crippen LogP contribution in [0.5, 0.6) is 0 Å². The van der Waals surface area contributed by atoms with Crippen LogP contribution in [0.15, 0.2) is 65.7 Å². The van der Waals surface area contributed by atoms with Gasteiger partial charge in [-0.3, -0.25) is 9.59 Å². The van der Waals surface area contributed by atoms with Gasteiger partial charge in [0, 0.05) is 18.0 Å². The van der Waals surface area contributed by atoms with E-state index in [4.69, 9.17) is 0 Å². The number of carbonyl (C=O) groups excluding carboxylic acids is 1. The quantitative estimate of drug-likeness (QED) is 0.796. The van der Waals surface area contributed by atoms with Gasteiger partial charge in [0.1, 0.15) is 17.2 Å².